The quantitative estimate of drug-likeness (QED) is 0.716. The largest absolute Gasteiger partial charge is 0.481 e. The summed E-state index contributed by atoms with van der Waals surface area (Å²) < 4.78 is 10.9. The predicted octanol–water partition coefficient (Wildman–Crippen LogP) is 3.43. The van der Waals surface area contributed by atoms with Gasteiger partial charge in [0.05, 0.1) is 13.3 Å². The van der Waals surface area contributed by atoms with E-state index in [1.54, 1.807) is 25.6 Å². The van der Waals surface area contributed by atoms with Crippen LogP contribution in [-0.2, 0) is 0 Å². The first kappa shape index (κ1) is 11.5. The summed E-state index contributed by atoms with van der Waals surface area (Å²) >= 11 is 0. The number of nitrogens with zero attached hydrogens (tertiary/aromatic N) is 2. The van der Waals surface area contributed by atoms with E-state index in [4.69, 9.17) is 9.47 Å². The van der Waals surface area contributed by atoms with Gasteiger partial charge in [0.1, 0.15) is 11.5 Å². The van der Waals surface area contributed by atoms with E-state index in [2.05, 4.69) is 9.97 Å². The fraction of sp³-hybridized carbons (Fsp3) is 0.0667. The summed E-state index contributed by atoms with van der Waals surface area (Å²) in [7, 11) is 1.58. The SMILES string of the molecule is COc1ccc(Oc2cccc3cnccc23)cn1. The molecule has 3 aromatic rings. The fourth-order valence-electron chi connectivity index (χ4n) is 1.86. The van der Waals surface area contributed by atoms with Crippen molar-refractivity contribution in [2.45, 2.75) is 0 Å². The third-order valence-electron chi connectivity index (χ3n) is 2.79. The summed E-state index contributed by atoms with van der Waals surface area (Å²) in [4.78, 5) is 8.21. The molecule has 0 N–H and O–H groups in total. The number of aromatic nitrogens is 2. The molecule has 0 spiro atoms. The average Bonchev–Trinajstić information content (AvgIpc) is 2.48. The molecule has 4 heteroatoms. The van der Waals surface area contributed by atoms with Gasteiger partial charge in [0, 0.05) is 29.2 Å². The molecule has 0 saturated carbocycles. The van der Waals surface area contributed by atoms with Gasteiger partial charge in [-0.2, -0.15) is 0 Å². The van der Waals surface area contributed by atoms with E-state index in [-0.39, 0.29) is 0 Å². The molecule has 0 aliphatic heterocycles. The lowest BCUT2D eigenvalue weighted by Crippen LogP contribution is -1.89. The molecule has 0 amide bonds. The van der Waals surface area contributed by atoms with Crippen LogP contribution in [0.2, 0.25) is 0 Å². The molecule has 0 bridgehead atoms. The Morgan fingerprint density at radius 3 is 2.74 bits per heavy atom. The van der Waals surface area contributed by atoms with Crippen molar-refractivity contribution in [2.24, 2.45) is 0 Å². The lowest BCUT2D eigenvalue weighted by atomic mass is 10.1. The van der Waals surface area contributed by atoms with Gasteiger partial charge >= 0.3 is 0 Å². The molecule has 0 saturated heterocycles. The van der Waals surface area contributed by atoms with Crippen LogP contribution in [0.5, 0.6) is 17.4 Å². The van der Waals surface area contributed by atoms with Crippen LogP contribution < -0.4 is 9.47 Å². The van der Waals surface area contributed by atoms with Crippen LogP contribution in [-0.4, -0.2) is 17.1 Å². The summed E-state index contributed by atoms with van der Waals surface area (Å²) in [6, 6.07) is 11.4. The van der Waals surface area contributed by atoms with E-state index >= 15 is 0 Å². The Labute approximate surface area is 110 Å². The van der Waals surface area contributed by atoms with Crippen LogP contribution in [0, 0.1) is 0 Å². The van der Waals surface area contributed by atoms with E-state index < -0.39 is 0 Å². The normalized spacial score (nSPS) is 10.4. The Balaban J connectivity index is 1.96. The highest BCUT2D eigenvalue weighted by Gasteiger charge is 2.03. The summed E-state index contributed by atoms with van der Waals surface area (Å²) in [5.41, 5.74) is 0. The van der Waals surface area contributed by atoms with Crippen molar-refractivity contribution < 1.29 is 9.47 Å². The Kier molecular flexibility index (Phi) is 2.98. The van der Waals surface area contributed by atoms with Crippen molar-refractivity contribution in [2.75, 3.05) is 7.11 Å². The minimum atomic E-state index is 0.564. The summed E-state index contributed by atoms with van der Waals surface area (Å²) in [6.07, 6.45) is 5.20. The first-order valence-corrected chi connectivity index (χ1v) is 5.87. The van der Waals surface area contributed by atoms with Gasteiger partial charge in [-0.15, -0.1) is 0 Å². The van der Waals surface area contributed by atoms with Crippen LogP contribution in [0.1, 0.15) is 0 Å². The number of ether oxygens (including phenoxy) is 2. The van der Waals surface area contributed by atoms with E-state index in [0.29, 0.717) is 11.6 Å². The first-order chi connectivity index (χ1) is 9.36. The molecule has 0 aliphatic rings. The molecule has 0 unspecified atom stereocenters. The van der Waals surface area contributed by atoms with E-state index in [1.807, 2.05) is 36.5 Å². The Bertz CT molecular complexity index is 691. The summed E-state index contributed by atoms with van der Waals surface area (Å²) in [5, 5.41) is 2.06. The van der Waals surface area contributed by atoms with Gasteiger partial charge in [-0.25, -0.2) is 4.98 Å². The van der Waals surface area contributed by atoms with Gasteiger partial charge in [0.15, 0.2) is 0 Å². The Morgan fingerprint density at radius 1 is 1.00 bits per heavy atom. The Morgan fingerprint density at radius 2 is 1.95 bits per heavy atom. The predicted molar refractivity (Wildman–Crippen MR) is 72.6 cm³/mol. The molecule has 2 heterocycles. The standard InChI is InChI=1S/C15H12N2O2/c1-18-15-6-5-12(10-17-15)19-14-4-2-3-11-9-16-8-7-13(11)14/h2-10H,1H3. The summed E-state index contributed by atoms with van der Waals surface area (Å²) in [6.45, 7) is 0. The number of hydrogen-bond donors (Lipinski definition) is 0. The smallest absolute Gasteiger partial charge is 0.213 e. The highest BCUT2D eigenvalue weighted by molar-refractivity contribution is 5.87. The van der Waals surface area contributed by atoms with Crippen LogP contribution in [0.4, 0.5) is 0 Å². The minimum absolute atomic E-state index is 0.564. The molecular weight excluding hydrogens is 240 g/mol. The number of methoxy groups -OCH3 is 1. The molecule has 3 rings (SSSR count). The van der Waals surface area contributed by atoms with Crippen LogP contribution in [0.15, 0.2) is 55.0 Å². The van der Waals surface area contributed by atoms with Crippen LogP contribution in [0.3, 0.4) is 0 Å². The molecule has 0 fully saturated rings. The molecule has 0 aliphatic carbocycles. The number of rotatable bonds is 3. The molecule has 19 heavy (non-hydrogen) atoms. The van der Waals surface area contributed by atoms with Crippen LogP contribution >= 0.6 is 0 Å². The number of benzene rings is 1. The van der Waals surface area contributed by atoms with E-state index in [1.165, 1.54) is 0 Å². The third kappa shape index (κ3) is 2.33. The van der Waals surface area contributed by atoms with Gasteiger partial charge in [-0.3, -0.25) is 4.98 Å². The zero-order chi connectivity index (χ0) is 13.1. The maximum absolute atomic E-state index is 5.85. The summed E-state index contributed by atoms with van der Waals surface area (Å²) in [5.74, 6) is 2.02. The van der Waals surface area contributed by atoms with Crippen molar-refractivity contribution in [1.82, 2.24) is 9.97 Å². The van der Waals surface area contributed by atoms with Crippen molar-refractivity contribution in [3.8, 4) is 17.4 Å². The van der Waals surface area contributed by atoms with Gasteiger partial charge < -0.3 is 9.47 Å². The maximum Gasteiger partial charge on any atom is 0.213 e. The molecule has 4 nitrogen and oxygen atoms in total. The second-order valence-electron chi connectivity index (χ2n) is 3.99. The topological polar surface area (TPSA) is 44.2 Å². The molecule has 94 valence electrons. The van der Waals surface area contributed by atoms with Crippen molar-refractivity contribution in [3.63, 3.8) is 0 Å². The zero-order valence-electron chi connectivity index (χ0n) is 10.4. The third-order valence-corrected chi connectivity index (χ3v) is 2.79. The zero-order valence-corrected chi connectivity index (χ0v) is 10.4. The molecule has 1 aromatic carbocycles. The molecule has 0 radical (unpaired) electrons. The number of hydrogen-bond acceptors (Lipinski definition) is 4. The van der Waals surface area contributed by atoms with E-state index in [0.717, 1.165) is 16.5 Å². The fourth-order valence-corrected chi connectivity index (χ4v) is 1.86. The van der Waals surface area contributed by atoms with Crippen molar-refractivity contribution in [3.05, 3.63) is 55.0 Å². The van der Waals surface area contributed by atoms with Crippen molar-refractivity contribution >= 4 is 10.8 Å². The first-order valence-electron chi connectivity index (χ1n) is 5.87. The highest BCUT2D eigenvalue weighted by Crippen LogP contribution is 2.29. The van der Waals surface area contributed by atoms with Crippen LogP contribution in [0.25, 0.3) is 10.8 Å². The lowest BCUT2D eigenvalue weighted by molar-refractivity contribution is 0.395. The van der Waals surface area contributed by atoms with Crippen molar-refractivity contribution in [1.29, 1.82) is 0 Å². The average molecular weight is 252 g/mol. The minimum Gasteiger partial charge on any atom is -0.481 e. The molecule has 2 aromatic heterocycles. The Hall–Kier alpha value is -2.62. The number of fused-ring (bicyclic) bond motifs is 1. The lowest BCUT2D eigenvalue weighted by Gasteiger charge is -2.08. The van der Waals surface area contributed by atoms with Gasteiger partial charge in [-0.1, -0.05) is 12.1 Å². The number of pyridine rings is 2. The second-order valence-corrected chi connectivity index (χ2v) is 3.99. The maximum atomic E-state index is 5.85. The van der Waals surface area contributed by atoms with Gasteiger partial charge in [-0.05, 0) is 18.2 Å². The monoisotopic (exact) mass is 252 g/mol. The highest BCUT2D eigenvalue weighted by atomic mass is 16.5. The molecule has 0 atom stereocenters. The molecular formula is C15H12N2O2. The van der Waals surface area contributed by atoms with Gasteiger partial charge in [0.2, 0.25) is 5.88 Å². The van der Waals surface area contributed by atoms with Gasteiger partial charge in [0.25, 0.3) is 0 Å². The second kappa shape index (κ2) is 4.94. The van der Waals surface area contributed by atoms with E-state index in [9.17, 15) is 0 Å².